The van der Waals surface area contributed by atoms with Gasteiger partial charge in [-0.15, -0.1) is 0 Å². The fourth-order valence-electron chi connectivity index (χ4n) is 2.63. The number of ether oxygens (including phenoxy) is 1. The van der Waals surface area contributed by atoms with E-state index in [4.69, 9.17) is 27.9 Å². The van der Waals surface area contributed by atoms with E-state index in [0.29, 0.717) is 67.8 Å². The highest BCUT2D eigenvalue weighted by molar-refractivity contribution is 7.88. The van der Waals surface area contributed by atoms with Crippen molar-refractivity contribution in [1.29, 1.82) is 0 Å². The van der Waals surface area contributed by atoms with Gasteiger partial charge < -0.3 is 9.64 Å². The lowest BCUT2D eigenvalue weighted by Gasteiger charge is -2.21. The van der Waals surface area contributed by atoms with Crippen molar-refractivity contribution in [2.75, 3.05) is 39.0 Å². The quantitative estimate of drug-likeness (QED) is 0.678. The number of halogens is 2. The van der Waals surface area contributed by atoms with Crippen LogP contribution in [0.25, 0.3) is 0 Å². The molecule has 6 nitrogen and oxygen atoms in total. The molecule has 1 heterocycles. The van der Waals surface area contributed by atoms with Crippen LogP contribution in [0.2, 0.25) is 10.0 Å². The minimum Gasteiger partial charge on any atom is -0.492 e. The van der Waals surface area contributed by atoms with Crippen molar-refractivity contribution in [3.05, 3.63) is 28.2 Å². The largest absolute Gasteiger partial charge is 0.492 e. The molecule has 0 saturated carbocycles. The summed E-state index contributed by atoms with van der Waals surface area (Å²) in [4.78, 5) is 14.0. The number of carbonyl (C=O) groups excluding carboxylic acids is 1. The maximum atomic E-state index is 12.3. The van der Waals surface area contributed by atoms with E-state index in [0.717, 1.165) is 0 Å². The maximum Gasteiger partial charge on any atom is 0.222 e. The average Bonchev–Trinajstić information content (AvgIpc) is 2.79. The Morgan fingerprint density at radius 2 is 1.96 bits per heavy atom. The van der Waals surface area contributed by atoms with Crippen LogP contribution in [0.4, 0.5) is 0 Å². The molecule has 1 saturated heterocycles. The molecule has 0 atom stereocenters. The topological polar surface area (TPSA) is 66.9 Å². The predicted octanol–water partition coefficient (Wildman–Crippen LogP) is 2.65. The van der Waals surface area contributed by atoms with Gasteiger partial charge in [0.15, 0.2) is 0 Å². The van der Waals surface area contributed by atoms with E-state index in [2.05, 4.69) is 0 Å². The molecular weight excluding hydrogens is 387 g/mol. The second kappa shape index (κ2) is 9.07. The lowest BCUT2D eigenvalue weighted by molar-refractivity contribution is -0.131. The first-order valence-corrected chi connectivity index (χ1v) is 10.7. The average molecular weight is 409 g/mol. The van der Waals surface area contributed by atoms with Crippen molar-refractivity contribution in [2.45, 2.75) is 19.3 Å². The van der Waals surface area contributed by atoms with Crippen LogP contribution in [0.15, 0.2) is 18.2 Å². The van der Waals surface area contributed by atoms with Crippen molar-refractivity contribution in [3.8, 4) is 5.75 Å². The molecule has 1 aliphatic heterocycles. The summed E-state index contributed by atoms with van der Waals surface area (Å²) in [6, 6.07) is 4.99. The van der Waals surface area contributed by atoms with E-state index in [1.165, 1.54) is 10.6 Å². The van der Waals surface area contributed by atoms with Crippen LogP contribution in [0.1, 0.15) is 19.3 Å². The summed E-state index contributed by atoms with van der Waals surface area (Å²) in [6.07, 6.45) is 2.76. The van der Waals surface area contributed by atoms with Gasteiger partial charge in [0.1, 0.15) is 5.75 Å². The Balaban J connectivity index is 1.75. The molecule has 0 aromatic heterocycles. The second-order valence-corrected chi connectivity index (χ2v) is 8.75. The fourth-order valence-corrected chi connectivity index (χ4v) is 3.97. The van der Waals surface area contributed by atoms with Crippen LogP contribution in [0.5, 0.6) is 5.75 Å². The molecule has 9 heteroatoms. The van der Waals surface area contributed by atoms with Gasteiger partial charge in [-0.1, -0.05) is 23.2 Å². The molecular formula is C16H22Cl2N2O4S. The van der Waals surface area contributed by atoms with Crippen molar-refractivity contribution in [3.63, 3.8) is 0 Å². The Morgan fingerprint density at radius 1 is 1.20 bits per heavy atom. The van der Waals surface area contributed by atoms with E-state index in [1.807, 2.05) is 0 Å². The van der Waals surface area contributed by atoms with Gasteiger partial charge in [0, 0.05) is 37.6 Å². The Bertz CT molecular complexity index is 712. The second-order valence-electron chi connectivity index (χ2n) is 5.92. The van der Waals surface area contributed by atoms with Crippen molar-refractivity contribution in [2.24, 2.45) is 0 Å². The molecule has 2 rings (SSSR count). The summed E-state index contributed by atoms with van der Waals surface area (Å²) in [5.74, 6) is 0.554. The van der Waals surface area contributed by atoms with Gasteiger partial charge >= 0.3 is 0 Å². The number of rotatable bonds is 6. The van der Waals surface area contributed by atoms with Crippen LogP contribution >= 0.6 is 23.2 Å². The summed E-state index contributed by atoms with van der Waals surface area (Å²) in [5.41, 5.74) is 0. The van der Waals surface area contributed by atoms with Gasteiger partial charge in [-0.2, -0.15) is 0 Å². The van der Waals surface area contributed by atoms with Crippen molar-refractivity contribution >= 4 is 39.1 Å². The number of carbonyl (C=O) groups is 1. The molecule has 0 radical (unpaired) electrons. The molecule has 1 amide bonds. The Hall–Kier alpha value is -1.02. The SMILES string of the molecule is CS(=O)(=O)N1CCCN(C(=O)CCCOc2ccc(Cl)cc2Cl)CC1. The highest BCUT2D eigenvalue weighted by Gasteiger charge is 2.23. The summed E-state index contributed by atoms with van der Waals surface area (Å²) in [6.45, 7) is 2.18. The van der Waals surface area contributed by atoms with Gasteiger partial charge in [0.05, 0.1) is 17.9 Å². The highest BCUT2D eigenvalue weighted by atomic mass is 35.5. The molecule has 1 aliphatic rings. The Kier molecular flexibility index (Phi) is 7.37. The molecule has 140 valence electrons. The zero-order chi connectivity index (χ0) is 18.4. The van der Waals surface area contributed by atoms with Gasteiger partial charge in [-0.25, -0.2) is 12.7 Å². The molecule has 0 N–H and O–H groups in total. The number of benzene rings is 1. The third-order valence-electron chi connectivity index (χ3n) is 3.96. The van der Waals surface area contributed by atoms with Gasteiger partial charge in [-0.05, 0) is 31.0 Å². The van der Waals surface area contributed by atoms with E-state index >= 15 is 0 Å². The standard InChI is InChI=1S/C16H22Cl2N2O4S/c1-25(22,23)20-8-3-7-19(9-10-20)16(21)4-2-11-24-15-6-5-13(17)12-14(15)18/h5-6,12H,2-4,7-11H2,1H3. The molecule has 1 fully saturated rings. The number of sulfonamides is 1. The number of amides is 1. The predicted molar refractivity (Wildman–Crippen MR) is 98.8 cm³/mol. The number of nitrogens with zero attached hydrogens (tertiary/aromatic N) is 2. The first kappa shape index (κ1) is 20.3. The summed E-state index contributed by atoms with van der Waals surface area (Å²) >= 11 is 11.8. The molecule has 25 heavy (non-hydrogen) atoms. The van der Waals surface area contributed by atoms with Crippen LogP contribution in [0, 0.1) is 0 Å². The third-order valence-corrected chi connectivity index (χ3v) is 5.80. The van der Waals surface area contributed by atoms with Crippen molar-refractivity contribution in [1.82, 2.24) is 9.21 Å². The molecule has 0 bridgehead atoms. The lowest BCUT2D eigenvalue weighted by Crippen LogP contribution is -2.36. The third kappa shape index (κ3) is 6.33. The monoisotopic (exact) mass is 408 g/mol. The Labute approximate surface area is 158 Å². The lowest BCUT2D eigenvalue weighted by atomic mass is 10.2. The van der Waals surface area contributed by atoms with Crippen LogP contribution < -0.4 is 4.74 Å². The minimum absolute atomic E-state index is 0.0150. The van der Waals surface area contributed by atoms with Crippen LogP contribution in [0.3, 0.4) is 0 Å². The molecule has 1 aromatic rings. The molecule has 1 aromatic carbocycles. The van der Waals surface area contributed by atoms with Gasteiger partial charge in [-0.3, -0.25) is 4.79 Å². The molecule has 0 spiro atoms. The number of hydrogen-bond donors (Lipinski definition) is 0. The minimum atomic E-state index is -3.20. The van der Waals surface area contributed by atoms with E-state index < -0.39 is 10.0 Å². The van der Waals surface area contributed by atoms with Gasteiger partial charge in [0.2, 0.25) is 15.9 Å². The maximum absolute atomic E-state index is 12.3. The highest BCUT2D eigenvalue weighted by Crippen LogP contribution is 2.27. The van der Waals surface area contributed by atoms with Crippen LogP contribution in [-0.4, -0.2) is 62.6 Å². The molecule has 0 unspecified atom stereocenters. The number of hydrogen-bond acceptors (Lipinski definition) is 4. The normalized spacial score (nSPS) is 16.5. The first-order valence-electron chi connectivity index (χ1n) is 8.08. The fraction of sp³-hybridized carbons (Fsp3) is 0.562. The van der Waals surface area contributed by atoms with E-state index in [1.54, 1.807) is 23.1 Å². The van der Waals surface area contributed by atoms with E-state index in [-0.39, 0.29) is 5.91 Å². The smallest absolute Gasteiger partial charge is 0.222 e. The van der Waals surface area contributed by atoms with E-state index in [9.17, 15) is 13.2 Å². The zero-order valence-electron chi connectivity index (χ0n) is 14.1. The summed E-state index contributed by atoms with van der Waals surface area (Å²) < 4.78 is 30.2. The summed E-state index contributed by atoms with van der Waals surface area (Å²) in [7, 11) is -3.20. The van der Waals surface area contributed by atoms with Crippen molar-refractivity contribution < 1.29 is 17.9 Å². The Morgan fingerprint density at radius 3 is 2.64 bits per heavy atom. The summed E-state index contributed by atoms with van der Waals surface area (Å²) in [5, 5.41) is 0.976. The first-order chi connectivity index (χ1) is 11.8. The molecule has 0 aliphatic carbocycles. The van der Waals surface area contributed by atoms with Gasteiger partial charge in [0.25, 0.3) is 0 Å². The van der Waals surface area contributed by atoms with Crippen LogP contribution in [-0.2, 0) is 14.8 Å². The zero-order valence-corrected chi connectivity index (χ0v) is 16.4.